The van der Waals surface area contributed by atoms with Crippen molar-refractivity contribution >= 4 is 5.91 Å². The molecular formula is C17H19F2N3O. The molecule has 3 rings (SSSR count). The number of benzene rings is 1. The van der Waals surface area contributed by atoms with Gasteiger partial charge in [-0.3, -0.25) is 4.79 Å². The van der Waals surface area contributed by atoms with Gasteiger partial charge in [0.15, 0.2) is 11.6 Å². The summed E-state index contributed by atoms with van der Waals surface area (Å²) in [5.41, 5.74) is 0.947. The molecule has 0 spiro atoms. The molecule has 0 bridgehead atoms. The Balaban J connectivity index is 1.80. The SMILES string of the molecule is C[C@@H](c1ccc(F)c(F)c1)N(C)C(=O)c1cn2c(n1)CCCC2. The van der Waals surface area contributed by atoms with Crippen LogP contribution in [0.1, 0.15) is 47.7 Å². The molecule has 122 valence electrons. The molecule has 0 radical (unpaired) electrons. The van der Waals surface area contributed by atoms with Gasteiger partial charge in [0.1, 0.15) is 11.5 Å². The van der Waals surface area contributed by atoms with E-state index in [-0.39, 0.29) is 11.9 Å². The van der Waals surface area contributed by atoms with Crippen LogP contribution in [0.3, 0.4) is 0 Å². The lowest BCUT2D eigenvalue weighted by molar-refractivity contribution is 0.0736. The number of amides is 1. The third-order valence-corrected chi connectivity index (χ3v) is 4.46. The molecule has 0 unspecified atom stereocenters. The van der Waals surface area contributed by atoms with Crippen LogP contribution in [0.4, 0.5) is 8.78 Å². The van der Waals surface area contributed by atoms with Crippen molar-refractivity contribution in [3.05, 3.63) is 53.1 Å². The minimum atomic E-state index is -0.910. The first-order chi connectivity index (χ1) is 11.0. The number of imidazole rings is 1. The van der Waals surface area contributed by atoms with Crippen molar-refractivity contribution < 1.29 is 13.6 Å². The second-order valence-corrected chi connectivity index (χ2v) is 5.96. The number of carbonyl (C=O) groups is 1. The first-order valence-corrected chi connectivity index (χ1v) is 7.75. The smallest absolute Gasteiger partial charge is 0.274 e. The number of halogens is 2. The zero-order chi connectivity index (χ0) is 16.6. The highest BCUT2D eigenvalue weighted by Gasteiger charge is 2.23. The summed E-state index contributed by atoms with van der Waals surface area (Å²) < 4.78 is 28.5. The lowest BCUT2D eigenvalue weighted by atomic mass is 10.1. The van der Waals surface area contributed by atoms with Crippen LogP contribution in [0.15, 0.2) is 24.4 Å². The molecule has 6 heteroatoms. The molecule has 0 aliphatic carbocycles. The maximum Gasteiger partial charge on any atom is 0.274 e. The number of nitrogens with zero attached hydrogens (tertiary/aromatic N) is 3. The van der Waals surface area contributed by atoms with Gasteiger partial charge in [0.05, 0.1) is 6.04 Å². The van der Waals surface area contributed by atoms with Crippen LogP contribution in [0.25, 0.3) is 0 Å². The standard InChI is InChI=1S/C17H19F2N3O/c1-11(12-6-7-13(18)14(19)9-12)21(2)17(23)15-10-22-8-4-3-5-16(22)20-15/h6-7,9-11H,3-5,8H2,1-2H3/t11-/m0/s1. The summed E-state index contributed by atoms with van der Waals surface area (Å²) in [4.78, 5) is 18.5. The average Bonchev–Trinajstić information content (AvgIpc) is 2.99. The average molecular weight is 319 g/mol. The lowest BCUT2D eigenvalue weighted by Gasteiger charge is -2.24. The van der Waals surface area contributed by atoms with Crippen LogP contribution in [0.5, 0.6) is 0 Å². The van der Waals surface area contributed by atoms with Crippen molar-refractivity contribution in [1.82, 2.24) is 14.5 Å². The highest BCUT2D eigenvalue weighted by Crippen LogP contribution is 2.23. The van der Waals surface area contributed by atoms with Gasteiger partial charge in [-0.2, -0.15) is 0 Å². The Morgan fingerprint density at radius 2 is 2.09 bits per heavy atom. The van der Waals surface area contributed by atoms with Crippen LogP contribution >= 0.6 is 0 Å². The van der Waals surface area contributed by atoms with E-state index in [1.807, 2.05) is 4.57 Å². The molecule has 2 aromatic rings. The third-order valence-electron chi connectivity index (χ3n) is 4.46. The van der Waals surface area contributed by atoms with E-state index in [2.05, 4.69) is 4.98 Å². The van der Waals surface area contributed by atoms with Crippen molar-refractivity contribution in [2.75, 3.05) is 7.05 Å². The number of aromatic nitrogens is 2. The molecule has 2 heterocycles. The van der Waals surface area contributed by atoms with Gasteiger partial charge in [-0.05, 0) is 37.5 Å². The summed E-state index contributed by atoms with van der Waals surface area (Å²) in [6.07, 6.45) is 4.85. The van der Waals surface area contributed by atoms with E-state index in [1.165, 1.54) is 11.0 Å². The van der Waals surface area contributed by atoms with E-state index in [0.29, 0.717) is 11.3 Å². The Morgan fingerprint density at radius 1 is 1.30 bits per heavy atom. The van der Waals surface area contributed by atoms with Crippen molar-refractivity contribution in [3.8, 4) is 0 Å². The van der Waals surface area contributed by atoms with Crippen molar-refractivity contribution in [1.29, 1.82) is 0 Å². The predicted octanol–water partition coefficient (Wildman–Crippen LogP) is 3.33. The van der Waals surface area contributed by atoms with Gasteiger partial charge >= 0.3 is 0 Å². The molecule has 1 aliphatic rings. The fraction of sp³-hybridized carbons (Fsp3) is 0.412. The van der Waals surface area contributed by atoms with Crippen LogP contribution in [0.2, 0.25) is 0 Å². The van der Waals surface area contributed by atoms with E-state index in [9.17, 15) is 13.6 Å². The van der Waals surface area contributed by atoms with E-state index in [0.717, 1.165) is 43.8 Å². The van der Waals surface area contributed by atoms with E-state index >= 15 is 0 Å². The number of hydrogen-bond donors (Lipinski definition) is 0. The first-order valence-electron chi connectivity index (χ1n) is 7.75. The van der Waals surface area contributed by atoms with Gasteiger partial charge in [-0.25, -0.2) is 13.8 Å². The topological polar surface area (TPSA) is 38.1 Å². The third kappa shape index (κ3) is 2.98. The normalized spacial score (nSPS) is 15.1. The van der Waals surface area contributed by atoms with E-state index < -0.39 is 11.6 Å². The molecule has 1 aromatic carbocycles. The Morgan fingerprint density at radius 3 is 2.78 bits per heavy atom. The van der Waals surface area contributed by atoms with Crippen LogP contribution in [-0.2, 0) is 13.0 Å². The zero-order valence-electron chi connectivity index (χ0n) is 13.2. The fourth-order valence-corrected chi connectivity index (χ4v) is 2.87. The fourth-order valence-electron chi connectivity index (χ4n) is 2.87. The monoisotopic (exact) mass is 319 g/mol. The molecular weight excluding hydrogens is 300 g/mol. The Labute approximate surface area is 133 Å². The summed E-state index contributed by atoms with van der Waals surface area (Å²) in [7, 11) is 1.65. The molecule has 1 aliphatic heterocycles. The lowest BCUT2D eigenvalue weighted by Crippen LogP contribution is -2.30. The van der Waals surface area contributed by atoms with Crippen LogP contribution in [0, 0.1) is 11.6 Å². The number of fused-ring (bicyclic) bond motifs is 1. The predicted molar refractivity (Wildman–Crippen MR) is 82.0 cm³/mol. The maximum atomic E-state index is 13.4. The summed E-state index contributed by atoms with van der Waals surface area (Å²) >= 11 is 0. The van der Waals surface area contributed by atoms with Gasteiger partial charge < -0.3 is 9.47 Å². The highest BCUT2D eigenvalue weighted by atomic mass is 19.2. The maximum absolute atomic E-state index is 13.4. The van der Waals surface area contributed by atoms with Gasteiger partial charge in [0.25, 0.3) is 5.91 Å². The van der Waals surface area contributed by atoms with Crippen LogP contribution in [-0.4, -0.2) is 27.4 Å². The highest BCUT2D eigenvalue weighted by molar-refractivity contribution is 5.92. The summed E-state index contributed by atoms with van der Waals surface area (Å²) in [6.45, 7) is 2.67. The van der Waals surface area contributed by atoms with Crippen molar-refractivity contribution in [2.24, 2.45) is 0 Å². The Bertz CT molecular complexity index is 718. The molecule has 1 aromatic heterocycles. The minimum Gasteiger partial charge on any atom is -0.334 e. The molecule has 0 saturated heterocycles. The second-order valence-electron chi connectivity index (χ2n) is 5.96. The molecule has 4 nitrogen and oxygen atoms in total. The zero-order valence-corrected chi connectivity index (χ0v) is 13.2. The first kappa shape index (κ1) is 15.6. The molecule has 0 fully saturated rings. The van der Waals surface area contributed by atoms with Crippen molar-refractivity contribution in [3.63, 3.8) is 0 Å². The molecule has 1 atom stereocenters. The van der Waals surface area contributed by atoms with Gasteiger partial charge in [-0.1, -0.05) is 6.07 Å². The Hall–Kier alpha value is -2.24. The number of carbonyl (C=O) groups excluding carboxylic acids is 1. The molecule has 1 amide bonds. The van der Waals surface area contributed by atoms with Gasteiger partial charge in [0.2, 0.25) is 0 Å². The second kappa shape index (κ2) is 6.10. The molecule has 23 heavy (non-hydrogen) atoms. The number of aryl methyl sites for hydroxylation is 2. The number of hydrogen-bond acceptors (Lipinski definition) is 2. The van der Waals surface area contributed by atoms with Gasteiger partial charge in [0, 0.05) is 26.2 Å². The number of rotatable bonds is 3. The van der Waals surface area contributed by atoms with Gasteiger partial charge in [-0.15, -0.1) is 0 Å². The minimum absolute atomic E-state index is 0.218. The summed E-state index contributed by atoms with van der Waals surface area (Å²) in [5, 5.41) is 0. The van der Waals surface area contributed by atoms with Crippen LogP contribution < -0.4 is 0 Å². The van der Waals surface area contributed by atoms with Crippen molar-refractivity contribution in [2.45, 2.75) is 38.8 Å². The quantitative estimate of drug-likeness (QED) is 0.870. The molecule has 0 N–H and O–H groups in total. The van der Waals surface area contributed by atoms with E-state index in [1.54, 1.807) is 20.2 Å². The van der Waals surface area contributed by atoms with E-state index in [4.69, 9.17) is 0 Å². The summed E-state index contributed by atoms with van der Waals surface area (Å²) in [6, 6.07) is 3.32. The molecule has 0 saturated carbocycles. The Kier molecular flexibility index (Phi) is 4.15. The summed E-state index contributed by atoms with van der Waals surface area (Å²) in [5.74, 6) is -1.08. The largest absolute Gasteiger partial charge is 0.334 e.